The van der Waals surface area contributed by atoms with Crippen LogP contribution in [0.2, 0.25) is 0 Å². The second kappa shape index (κ2) is 10.8. The van der Waals surface area contributed by atoms with Crippen LogP contribution in [0.15, 0.2) is 186 Å². The summed E-state index contributed by atoms with van der Waals surface area (Å²) in [4.78, 5) is 0. The van der Waals surface area contributed by atoms with E-state index in [2.05, 4.69) is 170 Å². The number of benzene rings is 8. The molecule has 2 nitrogen and oxygen atoms in total. The number of furan rings is 1. The minimum Gasteiger partial charge on any atom is -0.457 e. The molecule has 0 atom stereocenters. The lowest BCUT2D eigenvalue weighted by Crippen LogP contribution is -2.34. The molecule has 1 aliphatic heterocycles. The highest BCUT2D eigenvalue weighted by molar-refractivity contribution is 6.09. The van der Waals surface area contributed by atoms with E-state index in [0.29, 0.717) is 0 Å². The number of para-hydroxylation sites is 2. The molecular weight excluding hydrogens is 597 g/mol. The van der Waals surface area contributed by atoms with Crippen LogP contribution in [0.4, 0.5) is 0 Å². The summed E-state index contributed by atoms with van der Waals surface area (Å²) < 4.78 is 12.9. The molecule has 0 unspecified atom stereocenters. The van der Waals surface area contributed by atoms with E-state index in [0.717, 1.165) is 50.1 Å². The third-order valence-corrected chi connectivity index (χ3v) is 10.2. The highest BCUT2D eigenvalue weighted by Crippen LogP contribution is 2.56. The fourth-order valence-corrected chi connectivity index (χ4v) is 8.07. The zero-order valence-electron chi connectivity index (χ0n) is 26.6. The molecule has 10 rings (SSSR count). The average molecular weight is 627 g/mol. The van der Waals surface area contributed by atoms with Crippen molar-refractivity contribution in [3.8, 4) is 33.8 Å². The standard InChI is InChI=1S/C47H30O2/c1-3-13-33(14-4-1)47(34-15-5-2-6-16-34)41-20-10-12-22-45(41)49-46-30-32(23-27-42(46)47)36-26-25-35(37-17-7-8-18-38(36)37)31-24-28-44-40(29-31)39-19-9-11-21-43(39)48-44/h1-30H. The van der Waals surface area contributed by atoms with Crippen molar-refractivity contribution in [1.82, 2.24) is 0 Å². The van der Waals surface area contributed by atoms with Crippen molar-refractivity contribution < 1.29 is 9.15 Å². The van der Waals surface area contributed by atoms with Crippen LogP contribution in [-0.2, 0) is 5.41 Å². The first kappa shape index (κ1) is 27.7. The Balaban J connectivity index is 1.17. The summed E-state index contributed by atoms with van der Waals surface area (Å²) in [5.74, 6) is 1.75. The Kier molecular flexibility index (Phi) is 6.13. The van der Waals surface area contributed by atoms with Gasteiger partial charge in [-0.15, -0.1) is 0 Å². The molecule has 0 saturated carbocycles. The highest BCUT2D eigenvalue weighted by atomic mass is 16.5. The fraction of sp³-hybridized carbons (Fsp3) is 0.0213. The van der Waals surface area contributed by atoms with Crippen LogP contribution in [0.3, 0.4) is 0 Å². The molecule has 2 heteroatoms. The molecule has 0 aliphatic carbocycles. The van der Waals surface area contributed by atoms with Gasteiger partial charge in [0, 0.05) is 21.9 Å². The highest BCUT2D eigenvalue weighted by Gasteiger charge is 2.45. The predicted molar refractivity (Wildman–Crippen MR) is 200 cm³/mol. The molecule has 8 aromatic carbocycles. The van der Waals surface area contributed by atoms with Crippen molar-refractivity contribution in [2.75, 3.05) is 0 Å². The van der Waals surface area contributed by atoms with Gasteiger partial charge >= 0.3 is 0 Å². The first-order chi connectivity index (χ1) is 24.3. The Hall–Kier alpha value is -6.38. The van der Waals surface area contributed by atoms with Gasteiger partial charge in [0.1, 0.15) is 22.7 Å². The molecule has 1 aliphatic rings. The Morgan fingerprint density at radius 3 is 1.59 bits per heavy atom. The second-order valence-electron chi connectivity index (χ2n) is 12.8. The van der Waals surface area contributed by atoms with E-state index in [-0.39, 0.29) is 0 Å². The van der Waals surface area contributed by atoms with E-state index in [1.54, 1.807) is 0 Å². The van der Waals surface area contributed by atoms with Gasteiger partial charge in [-0.05, 0) is 74.5 Å². The predicted octanol–water partition coefficient (Wildman–Crippen LogP) is 12.6. The Morgan fingerprint density at radius 2 is 0.878 bits per heavy atom. The smallest absolute Gasteiger partial charge is 0.135 e. The normalized spacial score (nSPS) is 13.2. The van der Waals surface area contributed by atoms with Crippen molar-refractivity contribution >= 4 is 32.7 Å². The lowest BCUT2D eigenvalue weighted by atomic mass is 9.63. The first-order valence-electron chi connectivity index (χ1n) is 16.8. The quantitative estimate of drug-likeness (QED) is 0.194. The maximum Gasteiger partial charge on any atom is 0.135 e. The molecule has 1 aromatic heterocycles. The van der Waals surface area contributed by atoms with Gasteiger partial charge in [-0.2, -0.15) is 0 Å². The average Bonchev–Trinajstić information content (AvgIpc) is 3.55. The Labute approximate surface area is 284 Å². The summed E-state index contributed by atoms with van der Waals surface area (Å²) in [7, 11) is 0. The van der Waals surface area contributed by atoms with Crippen LogP contribution >= 0.6 is 0 Å². The second-order valence-corrected chi connectivity index (χ2v) is 12.8. The van der Waals surface area contributed by atoms with Crippen molar-refractivity contribution in [1.29, 1.82) is 0 Å². The van der Waals surface area contributed by atoms with Gasteiger partial charge in [0.15, 0.2) is 0 Å². The number of hydrogen-bond acceptors (Lipinski definition) is 2. The minimum absolute atomic E-state index is 0.535. The Morgan fingerprint density at radius 1 is 0.347 bits per heavy atom. The number of rotatable bonds is 4. The van der Waals surface area contributed by atoms with Crippen LogP contribution in [0, 0.1) is 0 Å². The van der Waals surface area contributed by atoms with E-state index in [9.17, 15) is 0 Å². The topological polar surface area (TPSA) is 22.4 Å². The molecule has 9 aromatic rings. The molecule has 0 N–H and O–H groups in total. The number of ether oxygens (including phenoxy) is 1. The van der Waals surface area contributed by atoms with E-state index < -0.39 is 5.41 Å². The lowest BCUT2D eigenvalue weighted by molar-refractivity contribution is 0.435. The summed E-state index contributed by atoms with van der Waals surface area (Å²) in [5, 5.41) is 4.68. The fourth-order valence-electron chi connectivity index (χ4n) is 8.07. The summed E-state index contributed by atoms with van der Waals surface area (Å²) in [6.45, 7) is 0. The van der Waals surface area contributed by atoms with Crippen LogP contribution in [0.25, 0.3) is 55.0 Å². The molecule has 0 bridgehead atoms. The van der Waals surface area contributed by atoms with Gasteiger partial charge in [-0.3, -0.25) is 0 Å². The summed E-state index contributed by atoms with van der Waals surface area (Å²) >= 11 is 0. The molecule has 0 saturated heterocycles. The molecule has 49 heavy (non-hydrogen) atoms. The van der Waals surface area contributed by atoms with E-state index in [4.69, 9.17) is 9.15 Å². The number of fused-ring (bicyclic) bond motifs is 6. The van der Waals surface area contributed by atoms with Gasteiger partial charge < -0.3 is 9.15 Å². The zero-order chi connectivity index (χ0) is 32.4. The molecule has 0 radical (unpaired) electrons. The van der Waals surface area contributed by atoms with Gasteiger partial charge in [0.2, 0.25) is 0 Å². The van der Waals surface area contributed by atoms with E-state index in [1.807, 2.05) is 12.1 Å². The molecule has 0 spiro atoms. The minimum atomic E-state index is -0.535. The molecular formula is C47H30O2. The van der Waals surface area contributed by atoms with Crippen molar-refractivity contribution in [3.63, 3.8) is 0 Å². The van der Waals surface area contributed by atoms with E-state index in [1.165, 1.54) is 38.6 Å². The third-order valence-electron chi connectivity index (χ3n) is 10.2. The van der Waals surface area contributed by atoms with Crippen LogP contribution in [0.1, 0.15) is 22.3 Å². The summed E-state index contributed by atoms with van der Waals surface area (Å²) in [5.41, 5.74) is 10.6. The van der Waals surface area contributed by atoms with Crippen molar-refractivity contribution in [2.24, 2.45) is 0 Å². The Bertz CT molecular complexity index is 2650. The lowest BCUT2D eigenvalue weighted by Gasteiger charge is -2.41. The molecule has 0 amide bonds. The maximum atomic E-state index is 6.80. The third kappa shape index (κ3) is 4.14. The van der Waals surface area contributed by atoms with Crippen molar-refractivity contribution in [2.45, 2.75) is 5.41 Å². The van der Waals surface area contributed by atoms with Crippen LogP contribution in [-0.4, -0.2) is 0 Å². The van der Waals surface area contributed by atoms with Gasteiger partial charge in [-0.25, -0.2) is 0 Å². The van der Waals surface area contributed by atoms with Crippen molar-refractivity contribution in [3.05, 3.63) is 204 Å². The zero-order valence-corrected chi connectivity index (χ0v) is 26.6. The maximum absolute atomic E-state index is 6.80. The monoisotopic (exact) mass is 626 g/mol. The van der Waals surface area contributed by atoms with Gasteiger partial charge in [-0.1, -0.05) is 152 Å². The SMILES string of the molecule is c1ccc(C2(c3ccccc3)c3ccccc3Oc3cc(-c4ccc(-c5ccc6oc7ccccc7c6c5)c5ccccc45)ccc32)cc1. The summed E-state index contributed by atoms with van der Waals surface area (Å²) in [6.07, 6.45) is 0. The molecule has 2 heterocycles. The first-order valence-corrected chi connectivity index (χ1v) is 16.8. The van der Waals surface area contributed by atoms with E-state index >= 15 is 0 Å². The van der Waals surface area contributed by atoms with Crippen LogP contribution < -0.4 is 4.74 Å². The molecule has 230 valence electrons. The number of hydrogen-bond donors (Lipinski definition) is 0. The van der Waals surface area contributed by atoms with Gasteiger partial charge in [0.25, 0.3) is 0 Å². The van der Waals surface area contributed by atoms with Gasteiger partial charge in [0.05, 0.1) is 5.41 Å². The molecule has 0 fully saturated rings. The largest absolute Gasteiger partial charge is 0.457 e. The summed E-state index contributed by atoms with van der Waals surface area (Å²) in [6, 6.07) is 64.9. The van der Waals surface area contributed by atoms with Crippen LogP contribution in [0.5, 0.6) is 11.5 Å².